The Morgan fingerprint density at radius 3 is 2.59 bits per heavy atom. The smallest absolute Gasteiger partial charge is 0.328 e. The predicted octanol–water partition coefficient (Wildman–Crippen LogP) is 2.30. The van der Waals surface area contributed by atoms with E-state index >= 15 is 0 Å². The van der Waals surface area contributed by atoms with Crippen LogP contribution in [0.5, 0.6) is 0 Å². The third kappa shape index (κ3) is 2.10. The van der Waals surface area contributed by atoms with E-state index < -0.39 is 5.97 Å². The van der Waals surface area contributed by atoms with Gasteiger partial charge in [-0.05, 0) is 24.6 Å². The van der Waals surface area contributed by atoms with Crippen LogP contribution in [-0.4, -0.2) is 21.8 Å². The minimum atomic E-state index is -1.13. The summed E-state index contributed by atoms with van der Waals surface area (Å²) in [5.41, 5.74) is 2.14. The van der Waals surface area contributed by atoms with Crippen molar-refractivity contribution in [2.24, 2.45) is 0 Å². The number of nitrogens with one attached hydrogen (secondary N) is 1. The first-order chi connectivity index (χ1) is 8.09. The number of aromatic nitrogens is 1. The van der Waals surface area contributed by atoms with Gasteiger partial charge in [0, 0.05) is 17.0 Å². The molecular formula is C13H11NO3. The molecule has 0 unspecified atom stereocenters. The quantitative estimate of drug-likeness (QED) is 0.626. The molecule has 0 aliphatic carbocycles. The van der Waals surface area contributed by atoms with Crippen LogP contribution in [0.3, 0.4) is 0 Å². The molecule has 1 heterocycles. The number of carbonyl (C=O) groups excluding carboxylic acids is 1. The van der Waals surface area contributed by atoms with Gasteiger partial charge in [0.15, 0.2) is 0 Å². The third-order valence-electron chi connectivity index (χ3n) is 2.59. The fraction of sp³-hybridized carbons (Fsp3) is 0.0769. The molecule has 2 aromatic rings. The van der Waals surface area contributed by atoms with E-state index in [0.717, 1.165) is 28.6 Å². The van der Waals surface area contributed by atoms with Crippen LogP contribution in [-0.2, 0) is 4.79 Å². The summed E-state index contributed by atoms with van der Waals surface area (Å²) in [6.07, 6.45) is 1.90. The number of rotatable bonds is 3. The number of benzene rings is 1. The number of hydrogen-bond acceptors (Lipinski definition) is 2. The van der Waals surface area contributed by atoms with Crippen molar-refractivity contribution in [1.82, 2.24) is 4.98 Å². The van der Waals surface area contributed by atoms with Crippen LogP contribution in [0.25, 0.3) is 10.9 Å². The largest absolute Gasteiger partial charge is 0.478 e. The molecule has 0 aliphatic heterocycles. The fourth-order valence-corrected chi connectivity index (χ4v) is 1.76. The summed E-state index contributed by atoms with van der Waals surface area (Å²) in [5.74, 6) is -1.46. The summed E-state index contributed by atoms with van der Waals surface area (Å²) in [6.45, 7) is 1.83. The number of aliphatic carboxylic acids is 1. The van der Waals surface area contributed by atoms with Gasteiger partial charge in [0.1, 0.15) is 0 Å². The highest BCUT2D eigenvalue weighted by atomic mass is 16.4. The zero-order valence-electron chi connectivity index (χ0n) is 9.23. The molecule has 4 nitrogen and oxygen atoms in total. The normalized spacial score (nSPS) is 11.1. The number of aromatic amines is 1. The van der Waals surface area contributed by atoms with Crippen LogP contribution in [0.4, 0.5) is 0 Å². The molecule has 1 aromatic heterocycles. The van der Waals surface area contributed by atoms with Crippen LogP contribution in [0, 0.1) is 6.92 Å². The molecule has 2 N–H and O–H groups in total. The van der Waals surface area contributed by atoms with Crippen LogP contribution in [0.2, 0.25) is 0 Å². The van der Waals surface area contributed by atoms with Crippen molar-refractivity contribution in [3.05, 3.63) is 47.7 Å². The maximum atomic E-state index is 11.8. The number of allylic oxidation sites excluding steroid dienone is 1. The maximum Gasteiger partial charge on any atom is 0.328 e. The Morgan fingerprint density at radius 1 is 1.24 bits per heavy atom. The van der Waals surface area contributed by atoms with Crippen LogP contribution in [0.15, 0.2) is 36.4 Å². The SMILES string of the molecule is Cc1c(C(=O)C=CC(=O)O)[nH]c2ccccc12. The monoisotopic (exact) mass is 229 g/mol. The van der Waals surface area contributed by atoms with Crippen molar-refractivity contribution < 1.29 is 14.7 Å². The first kappa shape index (κ1) is 11.1. The number of hydrogen-bond donors (Lipinski definition) is 2. The van der Waals surface area contributed by atoms with E-state index in [0.29, 0.717) is 5.69 Å². The second-order valence-corrected chi connectivity index (χ2v) is 3.71. The number of carbonyl (C=O) groups is 2. The molecule has 0 saturated heterocycles. The molecule has 0 aliphatic rings. The Balaban J connectivity index is 2.46. The number of ketones is 1. The summed E-state index contributed by atoms with van der Waals surface area (Å²) in [5, 5.41) is 9.44. The summed E-state index contributed by atoms with van der Waals surface area (Å²) in [4.78, 5) is 25.1. The van der Waals surface area contributed by atoms with E-state index in [-0.39, 0.29) is 5.78 Å². The lowest BCUT2D eigenvalue weighted by atomic mass is 10.1. The van der Waals surface area contributed by atoms with E-state index in [1.165, 1.54) is 0 Å². The standard InChI is InChI=1S/C13H11NO3/c1-8-9-4-2-3-5-10(9)14-13(8)11(15)6-7-12(16)17/h2-7,14H,1H3,(H,16,17). The predicted molar refractivity (Wildman–Crippen MR) is 64.1 cm³/mol. The van der Waals surface area contributed by atoms with Gasteiger partial charge < -0.3 is 10.1 Å². The zero-order chi connectivity index (χ0) is 12.4. The molecule has 86 valence electrons. The van der Waals surface area contributed by atoms with E-state index in [4.69, 9.17) is 5.11 Å². The number of para-hydroxylation sites is 1. The van der Waals surface area contributed by atoms with Crippen LogP contribution in [0.1, 0.15) is 16.1 Å². The Kier molecular flexibility index (Phi) is 2.78. The van der Waals surface area contributed by atoms with Gasteiger partial charge in [0.05, 0.1) is 5.69 Å². The van der Waals surface area contributed by atoms with Gasteiger partial charge in [0.25, 0.3) is 0 Å². The van der Waals surface area contributed by atoms with Gasteiger partial charge in [-0.15, -0.1) is 0 Å². The first-order valence-corrected chi connectivity index (χ1v) is 5.12. The highest BCUT2D eigenvalue weighted by Gasteiger charge is 2.12. The second kappa shape index (κ2) is 4.25. The second-order valence-electron chi connectivity index (χ2n) is 3.71. The molecule has 4 heteroatoms. The van der Waals surface area contributed by atoms with Crippen molar-refractivity contribution in [2.75, 3.05) is 0 Å². The van der Waals surface area contributed by atoms with Gasteiger partial charge in [-0.3, -0.25) is 4.79 Å². The third-order valence-corrected chi connectivity index (χ3v) is 2.59. The summed E-state index contributed by atoms with van der Waals surface area (Å²) < 4.78 is 0. The zero-order valence-corrected chi connectivity index (χ0v) is 9.23. The van der Waals surface area contributed by atoms with E-state index in [1.54, 1.807) is 0 Å². The van der Waals surface area contributed by atoms with Crippen molar-refractivity contribution >= 4 is 22.7 Å². The maximum absolute atomic E-state index is 11.8. The van der Waals surface area contributed by atoms with E-state index in [1.807, 2.05) is 31.2 Å². The fourth-order valence-electron chi connectivity index (χ4n) is 1.76. The van der Waals surface area contributed by atoms with E-state index in [9.17, 15) is 9.59 Å². The number of fused-ring (bicyclic) bond motifs is 1. The number of aryl methyl sites for hydroxylation is 1. The molecule has 0 radical (unpaired) electrons. The van der Waals surface area contributed by atoms with Gasteiger partial charge in [-0.2, -0.15) is 0 Å². The number of H-pyrrole nitrogens is 1. The minimum absolute atomic E-state index is 0.332. The Bertz CT molecular complexity index is 623. The molecule has 0 amide bonds. The van der Waals surface area contributed by atoms with Gasteiger partial charge in [0.2, 0.25) is 5.78 Å². The van der Waals surface area contributed by atoms with Crippen molar-refractivity contribution in [3.63, 3.8) is 0 Å². The topological polar surface area (TPSA) is 70.2 Å². The van der Waals surface area contributed by atoms with Crippen LogP contribution >= 0.6 is 0 Å². The molecule has 1 aromatic carbocycles. The Morgan fingerprint density at radius 2 is 1.94 bits per heavy atom. The molecule has 0 saturated carbocycles. The summed E-state index contributed by atoms with van der Waals surface area (Å²) in [6, 6.07) is 7.56. The Hall–Kier alpha value is -2.36. The molecule has 2 rings (SSSR count). The highest BCUT2D eigenvalue weighted by Crippen LogP contribution is 2.21. The molecule has 0 spiro atoms. The summed E-state index contributed by atoms with van der Waals surface area (Å²) in [7, 11) is 0. The molecule has 0 fully saturated rings. The number of carboxylic acid groups (broad SMARTS) is 1. The molecule has 17 heavy (non-hydrogen) atoms. The number of carboxylic acids is 1. The van der Waals surface area contributed by atoms with Crippen molar-refractivity contribution in [1.29, 1.82) is 0 Å². The first-order valence-electron chi connectivity index (χ1n) is 5.12. The Labute approximate surface area is 97.6 Å². The van der Waals surface area contributed by atoms with Crippen molar-refractivity contribution in [2.45, 2.75) is 6.92 Å². The van der Waals surface area contributed by atoms with Crippen LogP contribution < -0.4 is 0 Å². The highest BCUT2D eigenvalue weighted by molar-refractivity contribution is 6.09. The molecule has 0 bridgehead atoms. The molecular weight excluding hydrogens is 218 g/mol. The molecule has 0 atom stereocenters. The van der Waals surface area contributed by atoms with Gasteiger partial charge in [-0.1, -0.05) is 18.2 Å². The van der Waals surface area contributed by atoms with Gasteiger partial charge in [-0.25, -0.2) is 4.79 Å². The average molecular weight is 229 g/mol. The summed E-state index contributed by atoms with van der Waals surface area (Å²) >= 11 is 0. The minimum Gasteiger partial charge on any atom is -0.478 e. The lowest BCUT2D eigenvalue weighted by Crippen LogP contribution is -1.98. The lowest BCUT2D eigenvalue weighted by molar-refractivity contribution is -0.131. The van der Waals surface area contributed by atoms with E-state index in [2.05, 4.69) is 4.98 Å². The van der Waals surface area contributed by atoms with Gasteiger partial charge >= 0.3 is 5.97 Å². The lowest BCUT2D eigenvalue weighted by Gasteiger charge is -1.92. The average Bonchev–Trinajstić information content (AvgIpc) is 2.64. The van der Waals surface area contributed by atoms with Crippen molar-refractivity contribution in [3.8, 4) is 0 Å².